The van der Waals surface area contributed by atoms with Crippen LogP contribution in [0.25, 0.3) is 11.3 Å². The number of hydrogen-bond donors (Lipinski definition) is 2. The number of cyclic esters (lactones) is 1. The summed E-state index contributed by atoms with van der Waals surface area (Å²) in [6, 6.07) is 8.46. The summed E-state index contributed by atoms with van der Waals surface area (Å²) in [6.45, 7) is 0.439. The molecule has 12 nitrogen and oxygen atoms in total. The number of nitrogens with one attached hydrogen (secondary N) is 2. The summed E-state index contributed by atoms with van der Waals surface area (Å²) in [7, 11) is 0. The van der Waals surface area contributed by atoms with Crippen molar-refractivity contribution in [3.05, 3.63) is 73.2 Å². The smallest absolute Gasteiger partial charge is 0.416 e. The molecule has 1 aliphatic rings. The van der Waals surface area contributed by atoms with Crippen LogP contribution in [0, 0.1) is 0 Å². The van der Waals surface area contributed by atoms with E-state index in [9.17, 15) is 18.0 Å². The van der Waals surface area contributed by atoms with Crippen LogP contribution in [0.1, 0.15) is 5.56 Å². The van der Waals surface area contributed by atoms with Gasteiger partial charge in [-0.1, -0.05) is 0 Å². The molecule has 0 unspecified atom stereocenters. The first-order valence-electron chi connectivity index (χ1n) is 11.2. The summed E-state index contributed by atoms with van der Waals surface area (Å²) in [5.74, 6) is 0.449. The van der Waals surface area contributed by atoms with Crippen molar-refractivity contribution >= 4 is 40.7 Å². The zero-order valence-electron chi connectivity index (χ0n) is 19.3. The average Bonchev–Trinajstić information content (AvgIpc) is 3.65. The van der Waals surface area contributed by atoms with Crippen LogP contribution in [0.3, 0.4) is 0 Å². The van der Waals surface area contributed by atoms with Crippen LogP contribution in [0.2, 0.25) is 0 Å². The summed E-state index contributed by atoms with van der Waals surface area (Å²) in [5, 5.41) is 9.88. The molecule has 0 saturated carbocycles. The van der Waals surface area contributed by atoms with E-state index in [0.29, 0.717) is 11.3 Å². The Morgan fingerprint density at radius 2 is 1.89 bits per heavy atom. The highest BCUT2D eigenvalue weighted by Crippen LogP contribution is 2.34. The third-order valence-electron chi connectivity index (χ3n) is 5.60. The van der Waals surface area contributed by atoms with Gasteiger partial charge in [0.1, 0.15) is 36.5 Å². The van der Waals surface area contributed by atoms with Crippen molar-refractivity contribution in [3.8, 4) is 5.69 Å². The first kappa shape index (κ1) is 23.2. The lowest BCUT2D eigenvalue weighted by molar-refractivity contribution is -0.137. The molecule has 0 spiro atoms. The van der Waals surface area contributed by atoms with E-state index in [-0.39, 0.29) is 42.1 Å². The normalized spacial score (nSPS) is 13.7. The fourth-order valence-electron chi connectivity index (χ4n) is 3.88. The monoisotopic (exact) mass is 522 g/mol. The number of halogens is 3. The van der Waals surface area contributed by atoms with Gasteiger partial charge in [-0.15, -0.1) is 0 Å². The molecule has 6 rings (SSSR count). The lowest BCUT2D eigenvalue weighted by Gasteiger charge is -2.17. The predicted octanol–water partition coefficient (Wildman–Crippen LogP) is 4.17. The van der Waals surface area contributed by atoms with E-state index in [2.05, 4.69) is 35.7 Å². The molecule has 0 radical (unpaired) electrons. The van der Waals surface area contributed by atoms with Gasteiger partial charge in [-0.2, -0.15) is 28.2 Å². The summed E-state index contributed by atoms with van der Waals surface area (Å²) >= 11 is 0. The van der Waals surface area contributed by atoms with Crippen molar-refractivity contribution in [2.75, 3.05) is 28.7 Å². The first-order chi connectivity index (χ1) is 18.3. The molecule has 0 bridgehead atoms. The molecule has 1 fully saturated rings. The van der Waals surface area contributed by atoms with Crippen LogP contribution in [-0.2, 0) is 10.9 Å². The molecule has 0 atom stereocenters. The van der Waals surface area contributed by atoms with E-state index in [0.717, 1.165) is 12.1 Å². The molecule has 192 valence electrons. The Hall–Kier alpha value is -5.21. The number of amides is 1. The van der Waals surface area contributed by atoms with Gasteiger partial charge in [0.25, 0.3) is 0 Å². The van der Waals surface area contributed by atoms with Crippen LogP contribution in [-0.4, -0.2) is 53.4 Å². The second kappa shape index (κ2) is 9.02. The van der Waals surface area contributed by atoms with Gasteiger partial charge in [0.2, 0.25) is 5.95 Å². The lowest BCUT2D eigenvalue weighted by atomic mass is 10.1. The number of hydrogen-bond acceptors (Lipinski definition) is 9. The Morgan fingerprint density at radius 3 is 2.66 bits per heavy atom. The molecular formula is C23H17F3N10O2. The van der Waals surface area contributed by atoms with Gasteiger partial charge < -0.3 is 19.8 Å². The van der Waals surface area contributed by atoms with Crippen LogP contribution in [0.15, 0.2) is 67.6 Å². The number of ether oxygens (including phenoxy) is 1. The molecule has 1 saturated heterocycles. The van der Waals surface area contributed by atoms with Gasteiger partial charge in [-0.05, 0) is 24.3 Å². The van der Waals surface area contributed by atoms with Crippen molar-refractivity contribution in [2.24, 2.45) is 0 Å². The van der Waals surface area contributed by atoms with Gasteiger partial charge in [0.15, 0.2) is 0 Å². The van der Waals surface area contributed by atoms with Gasteiger partial charge in [-0.25, -0.2) is 19.4 Å². The van der Waals surface area contributed by atoms with Crippen molar-refractivity contribution in [1.82, 2.24) is 34.1 Å². The highest BCUT2D eigenvalue weighted by atomic mass is 19.4. The van der Waals surface area contributed by atoms with Gasteiger partial charge >= 0.3 is 12.3 Å². The van der Waals surface area contributed by atoms with Crippen molar-refractivity contribution in [3.63, 3.8) is 0 Å². The predicted molar refractivity (Wildman–Crippen MR) is 129 cm³/mol. The first-order valence-corrected chi connectivity index (χ1v) is 11.2. The molecule has 0 aliphatic carbocycles. The van der Waals surface area contributed by atoms with Gasteiger partial charge in [0.05, 0.1) is 17.8 Å². The molecular weight excluding hydrogens is 505 g/mol. The number of imidazole rings is 1. The van der Waals surface area contributed by atoms with Crippen molar-refractivity contribution in [2.45, 2.75) is 6.18 Å². The molecule has 1 aromatic carbocycles. The minimum absolute atomic E-state index is 0.0459. The van der Waals surface area contributed by atoms with Crippen LogP contribution in [0.4, 0.5) is 46.9 Å². The molecule has 5 aromatic rings. The fraction of sp³-hybridized carbons (Fsp3) is 0.130. The zero-order chi connectivity index (χ0) is 26.3. The number of carbonyl (C=O) groups excluding carboxylic acids is 1. The zero-order valence-corrected chi connectivity index (χ0v) is 19.3. The summed E-state index contributed by atoms with van der Waals surface area (Å²) in [6.07, 6.45) is 2.55. The number of benzene rings is 1. The van der Waals surface area contributed by atoms with Crippen LogP contribution < -0.4 is 15.5 Å². The molecule has 2 N–H and O–H groups in total. The summed E-state index contributed by atoms with van der Waals surface area (Å²) in [5.41, 5.74) is 0.617. The Balaban J connectivity index is 1.39. The Morgan fingerprint density at radius 1 is 1.00 bits per heavy atom. The van der Waals surface area contributed by atoms with Crippen molar-refractivity contribution in [1.29, 1.82) is 0 Å². The van der Waals surface area contributed by atoms with E-state index in [1.54, 1.807) is 36.8 Å². The number of carbonyl (C=O) groups is 1. The molecule has 4 aromatic heterocycles. The van der Waals surface area contributed by atoms with Gasteiger partial charge in [-0.3, -0.25) is 4.90 Å². The third kappa shape index (κ3) is 4.63. The molecule has 38 heavy (non-hydrogen) atoms. The minimum atomic E-state index is -4.62. The van der Waals surface area contributed by atoms with Crippen LogP contribution in [0.5, 0.6) is 0 Å². The second-order valence-electron chi connectivity index (χ2n) is 8.17. The van der Waals surface area contributed by atoms with E-state index in [1.165, 1.54) is 28.3 Å². The lowest BCUT2D eigenvalue weighted by Crippen LogP contribution is -2.25. The van der Waals surface area contributed by atoms with Crippen molar-refractivity contribution < 1.29 is 22.7 Å². The number of pyridine rings is 1. The molecule has 5 heterocycles. The number of fused-ring (bicyclic) bond motifs is 1. The van der Waals surface area contributed by atoms with Crippen LogP contribution >= 0.6 is 0 Å². The Labute approximate surface area is 211 Å². The minimum Gasteiger partial charge on any atom is -0.447 e. The van der Waals surface area contributed by atoms with E-state index in [1.807, 2.05) is 4.40 Å². The maximum absolute atomic E-state index is 13.7. The molecule has 1 amide bonds. The molecule has 15 heteroatoms. The van der Waals surface area contributed by atoms with Gasteiger partial charge in [0, 0.05) is 42.1 Å². The number of aromatic nitrogens is 7. The maximum Gasteiger partial charge on any atom is 0.416 e. The fourth-order valence-corrected chi connectivity index (χ4v) is 3.88. The summed E-state index contributed by atoms with van der Waals surface area (Å²) in [4.78, 5) is 30.3. The Kier molecular flexibility index (Phi) is 5.51. The highest BCUT2D eigenvalue weighted by Gasteiger charge is 2.32. The number of alkyl halides is 3. The largest absolute Gasteiger partial charge is 0.447 e. The second-order valence-corrected chi connectivity index (χ2v) is 8.17. The molecule has 1 aliphatic heterocycles. The Bertz CT molecular complexity index is 1630. The number of rotatable bonds is 6. The SMILES string of the molecule is O=C1OCCN1c1cc(Nc2ccn3ccnc3c2)nc(Nc2cc(-n3cncn3)cc(C(F)(F)F)c2)n1. The summed E-state index contributed by atoms with van der Waals surface area (Å²) < 4.78 is 49.0. The number of nitrogens with zero attached hydrogens (tertiary/aromatic N) is 8. The average molecular weight is 522 g/mol. The van der Waals surface area contributed by atoms with E-state index < -0.39 is 17.8 Å². The maximum atomic E-state index is 13.7. The van der Waals surface area contributed by atoms with E-state index in [4.69, 9.17) is 4.74 Å². The topological polar surface area (TPSA) is 127 Å². The standard InChI is InChI=1S/C23H17F3N10O2/c24-23(25,26)14-7-16(9-17(8-14)36-13-27-12-29-36)31-21-32-18(11-20(33-21)35-5-6-38-22(35)37)30-15-1-3-34-4-2-28-19(34)10-15/h1-4,7-13H,5-6H2,(H2,30,31,32,33). The third-order valence-corrected chi connectivity index (χ3v) is 5.60. The highest BCUT2D eigenvalue weighted by molar-refractivity contribution is 5.89. The number of anilines is 5. The quantitative estimate of drug-likeness (QED) is 0.338. The van der Waals surface area contributed by atoms with E-state index >= 15 is 0 Å².